The van der Waals surface area contributed by atoms with Gasteiger partial charge < -0.3 is 9.84 Å². The summed E-state index contributed by atoms with van der Waals surface area (Å²) in [5.41, 5.74) is 2.61. The minimum Gasteiger partial charge on any atom is -0.361 e. The Kier molecular flexibility index (Phi) is 3.54. The lowest BCUT2D eigenvalue weighted by molar-refractivity contribution is 0.145. The van der Waals surface area contributed by atoms with Crippen molar-refractivity contribution in [3.8, 4) is 0 Å². The Hall–Kier alpha value is -0.870. The molecule has 4 nitrogen and oxygen atoms in total. The fraction of sp³-hybridized carbons (Fsp3) is 0.769. The molecule has 0 aromatic carbocycles. The predicted octanol–water partition coefficient (Wildman–Crippen LogP) is 1.87. The first kappa shape index (κ1) is 12.6. The molecule has 0 amide bonds. The third-order valence-electron chi connectivity index (χ3n) is 4.13. The summed E-state index contributed by atoms with van der Waals surface area (Å²) in [6.07, 6.45) is 2.40. The van der Waals surface area contributed by atoms with Crippen molar-refractivity contribution in [2.75, 3.05) is 20.1 Å². The molecule has 0 unspecified atom stereocenters. The second kappa shape index (κ2) is 4.78. The number of nitrogens with one attached hydrogen (secondary N) is 1. The summed E-state index contributed by atoms with van der Waals surface area (Å²) in [4.78, 5) is 2.49. The van der Waals surface area contributed by atoms with E-state index in [0.29, 0.717) is 5.54 Å². The van der Waals surface area contributed by atoms with Crippen LogP contribution in [0.3, 0.4) is 0 Å². The second-order valence-electron chi connectivity index (χ2n) is 5.39. The van der Waals surface area contributed by atoms with Gasteiger partial charge in [-0.3, -0.25) is 4.90 Å². The number of aromatic nitrogens is 1. The molecule has 1 saturated heterocycles. The normalized spacial score (nSPS) is 20.7. The van der Waals surface area contributed by atoms with Gasteiger partial charge in [0.15, 0.2) is 0 Å². The van der Waals surface area contributed by atoms with Crippen LogP contribution >= 0.6 is 0 Å². The third kappa shape index (κ3) is 2.69. The maximum Gasteiger partial charge on any atom is 0.138 e. The molecular formula is C13H23N3O. The zero-order valence-electron chi connectivity index (χ0n) is 11.3. The average molecular weight is 237 g/mol. The predicted molar refractivity (Wildman–Crippen MR) is 68.0 cm³/mol. The van der Waals surface area contributed by atoms with Gasteiger partial charge in [0, 0.05) is 30.7 Å². The summed E-state index contributed by atoms with van der Waals surface area (Å²) < 4.78 is 5.21. The molecule has 17 heavy (non-hydrogen) atoms. The Morgan fingerprint density at radius 3 is 2.47 bits per heavy atom. The fourth-order valence-corrected chi connectivity index (χ4v) is 2.41. The summed E-state index contributed by atoms with van der Waals surface area (Å²) in [5.74, 6) is 0.962. The van der Waals surface area contributed by atoms with Crippen molar-refractivity contribution in [2.45, 2.75) is 45.7 Å². The van der Waals surface area contributed by atoms with Crippen LogP contribution in [0.2, 0.25) is 0 Å². The van der Waals surface area contributed by atoms with Crippen LogP contribution in [0.4, 0.5) is 0 Å². The van der Waals surface area contributed by atoms with Crippen LogP contribution in [-0.4, -0.2) is 35.7 Å². The highest BCUT2D eigenvalue weighted by atomic mass is 16.5. The Labute approximate surface area is 103 Å². The van der Waals surface area contributed by atoms with Crippen LogP contribution in [0.1, 0.15) is 36.8 Å². The van der Waals surface area contributed by atoms with Gasteiger partial charge in [-0.25, -0.2) is 0 Å². The minimum atomic E-state index is 0.315. The van der Waals surface area contributed by atoms with E-state index in [1.165, 1.54) is 18.4 Å². The lowest BCUT2D eigenvalue weighted by Gasteiger charge is -2.39. The van der Waals surface area contributed by atoms with Gasteiger partial charge in [-0.05, 0) is 40.7 Å². The lowest BCUT2D eigenvalue weighted by Crippen LogP contribution is -2.49. The number of piperidine rings is 1. The van der Waals surface area contributed by atoms with E-state index < -0.39 is 0 Å². The molecule has 2 rings (SSSR count). The summed E-state index contributed by atoms with van der Waals surface area (Å²) in [6.45, 7) is 9.58. The molecule has 0 bridgehead atoms. The molecule has 0 aliphatic carbocycles. The average Bonchev–Trinajstić information content (AvgIpc) is 2.64. The molecule has 0 radical (unpaired) electrons. The van der Waals surface area contributed by atoms with Crippen molar-refractivity contribution in [3.63, 3.8) is 0 Å². The summed E-state index contributed by atoms with van der Waals surface area (Å²) in [5, 5.41) is 7.44. The highest BCUT2D eigenvalue weighted by Crippen LogP contribution is 2.23. The molecule has 0 atom stereocenters. The summed E-state index contributed by atoms with van der Waals surface area (Å²) in [7, 11) is 2.06. The van der Waals surface area contributed by atoms with E-state index in [1.807, 2.05) is 13.8 Å². The zero-order chi connectivity index (χ0) is 12.5. The first-order valence-electron chi connectivity index (χ1n) is 6.37. The molecule has 96 valence electrons. The summed E-state index contributed by atoms with van der Waals surface area (Å²) in [6, 6.07) is 0. The molecule has 4 heteroatoms. The molecule has 1 aromatic rings. The van der Waals surface area contributed by atoms with Gasteiger partial charge in [-0.15, -0.1) is 0 Å². The van der Waals surface area contributed by atoms with Gasteiger partial charge in [-0.1, -0.05) is 5.16 Å². The lowest BCUT2D eigenvalue weighted by atomic mass is 9.90. The van der Waals surface area contributed by atoms with Crippen LogP contribution in [0.15, 0.2) is 4.52 Å². The zero-order valence-corrected chi connectivity index (χ0v) is 11.3. The van der Waals surface area contributed by atoms with E-state index in [4.69, 9.17) is 4.52 Å². The molecule has 1 aromatic heterocycles. The number of nitrogens with zero attached hydrogens (tertiary/aromatic N) is 2. The standard InChI is InChI=1S/C13H23N3O/c1-10-12(11(2)17-15-10)9-16-7-5-13(3,14-4)6-8-16/h14H,5-9H2,1-4H3. The van der Waals surface area contributed by atoms with Gasteiger partial charge in [0.2, 0.25) is 0 Å². The number of rotatable bonds is 3. The topological polar surface area (TPSA) is 41.3 Å². The van der Waals surface area contributed by atoms with Crippen LogP contribution < -0.4 is 5.32 Å². The second-order valence-corrected chi connectivity index (χ2v) is 5.39. The summed E-state index contributed by atoms with van der Waals surface area (Å²) >= 11 is 0. The molecule has 1 aliphatic rings. The van der Waals surface area contributed by atoms with Gasteiger partial charge >= 0.3 is 0 Å². The van der Waals surface area contributed by atoms with Gasteiger partial charge in [-0.2, -0.15) is 0 Å². The number of likely N-dealkylation sites (tertiary alicyclic amines) is 1. The smallest absolute Gasteiger partial charge is 0.138 e. The first-order chi connectivity index (χ1) is 8.04. The SMILES string of the molecule is CNC1(C)CCN(Cc2c(C)noc2C)CC1. The van der Waals surface area contributed by atoms with Crippen molar-refractivity contribution in [1.82, 2.24) is 15.4 Å². The highest BCUT2D eigenvalue weighted by molar-refractivity contribution is 5.20. The Bertz CT molecular complexity index is 359. The van der Waals surface area contributed by atoms with Gasteiger partial charge in [0.25, 0.3) is 0 Å². The Morgan fingerprint density at radius 1 is 1.35 bits per heavy atom. The van der Waals surface area contributed by atoms with Crippen LogP contribution in [0.5, 0.6) is 0 Å². The monoisotopic (exact) mass is 237 g/mol. The number of aryl methyl sites for hydroxylation is 2. The quantitative estimate of drug-likeness (QED) is 0.871. The third-order valence-corrected chi connectivity index (χ3v) is 4.13. The van der Waals surface area contributed by atoms with E-state index >= 15 is 0 Å². The van der Waals surface area contributed by atoms with E-state index in [2.05, 4.69) is 29.3 Å². The van der Waals surface area contributed by atoms with Crippen LogP contribution in [-0.2, 0) is 6.54 Å². The molecule has 1 fully saturated rings. The number of hydrogen-bond donors (Lipinski definition) is 1. The largest absolute Gasteiger partial charge is 0.361 e. The van der Waals surface area contributed by atoms with Crippen molar-refractivity contribution in [2.24, 2.45) is 0 Å². The molecule has 1 aliphatic heterocycles. The van der Waals surface area contributed by atoms with Gasteiger partial charge in [0.05, 0.1) is 5.69 Å². The molecule has 1 N–H and O–H groups in total. The van der Waals surface area contributed by atoms with Crippen LogP contribution in [0.25, 0.3) is 0 Å². The molecule has 0 saturated carbocycles. The van der Waals surface area contributed by atoms with Crippen molar-refractivity contribution in [1.29, 1.82) is 0 Å². The van der Waals surface area contributed by atoms with Crippen molar-refractivity contribution < 1.29 is 4.52 Å². The minimum absolute atomic E-state index is 0.315. The fourth-order valence-electron chi connectivity index (χ4n) is 2.41. The highest BCUT2D eigenvalue weighted by Gasteiger charge is 2.28. The molecule has 0 spiro atoms. The Morgan fingerprint density at radius 2 is 2.00 bits per heavy atom. The number of hydrogen-bond acceptors (Lipinski definition) is 4. The van der Waals surface area contributed by atoms with Crippen LogP contribution in [0, 0.1) is 13.8 Å². The van der Waals surface area contributed by atoms with Crippen molar-refractivity contribution >= 4 is 0 Å². The maximum atomic E-state index is 5.21. The van der Waals surface area contributed by atoms with E-state index in [9.17, 15) is 0 Å². The Balaban J connectivity index is 1.95. The molecule has 2 heterocycles. The van der Waals surface area contributed by atoms with E-state index in [-0.39, 0.29) is 0 Å². The van der Waals surface area contributed by atoms with E-state index in [0.717, 1.165) is 31.1 Å². The van der Waals surface area contributed by atoms with Gasteiger partial charge in [0.1, 0.15) is 5.76 Å². The first-order valence-corrected chi connectivity index (χ1v) is 6.37. The van der Waals surface area contributed by atoms with Crippen molar-refractivity contribution in [3.05, 3.63) is 17.0 Å². The van der Waals surface area contributed by atoms with E-state index in [1.54, 1.807) is 0 Å². The molecular weight excluding hydrogens is 214 g/mol. The maximum absolute atomic E-state index is 5.21.